The van der Waals surface area contributed by atoms with Gasteiger partial charge in [0.15, 0.2) is 0 Å². The Labute approximate surface area is 82.2 Å². The Morgan fingerprint density at radius 2 is 2.36 bits per heavy atom. The second-order valence-electron chi connectivity index (χ2n) is 3.21. The lowest BCUT2D eigenvalue weighted by Crippen LogP contribution is -2.14. The van der Waals surface area contributed by atoms with Gasteiger partial charge in [0.1, 0.15) is 0 Å². The van der Waals surface area contributed by atoms with Gasteiger partial charge in [0.05, 0.1) is 18.2 Å². The van der Waals surface area contributed by atoms with Crippen molar-refractivity contribution in [2.24, 2.45) is 7.05 Å². The van der Waals surface area contributed by atoms with Gasteiger partial charge in [-0.25, -0.2) is 4.98 Å². The summed E-state index contributed by atoms with van der Waals surface area (Å²) in [5.74, 6) is 0. The first-order valence-electron chi connectivity index (χ1n) is 4.50. The predicted molar refractivity (Wildman–Crippen MR) is 52.3 cm³/mol. The normalized spacial score (nSPS) is 10.6. The Kier molecular flexibility index (Phi) is 2.60. The van der Waals surface area contributed by atoms with Gasteiger partial charge in [0.25, 0.3) is 0 Å². The minimum absolute atomic E-state index is 0.821. The summed E-state index contributed by atoms with van der Waals surface area (Å²) in [5.41, 5.74) is 2.33. The Bertz CT molecular complexity index is 376. The predicted octanol–water partition coefficient (Wildman–Crippen LogP) is 0.433. The van der Waals surface area contributed by atoms with E-state index in [1.54, 1.807) is 6.33 Å². The summed E-state index contributed by atoms with van der Waals surface area (Å²) in [7, 11) is 1.99. The SMILES string of the molecule is Cn1cncc1CNCc1cn[nH]c1. The molecule has 0 aromatic carbocycles. The quantitative estimate of drug-likeness (QED) is 0.737. The summed E-state index contributed by atoms with van der Waals surface area (Å²) in [6.45, 7) is 1.64. The monoisotopic (exact) mass is 191 g/mol. The van der Waals surface area contributed by atoms with Gasteiger partial charge in [-0.15, -0.1) is 0 Å². The van der Waals surface area contributed by atoms with Crippen molar-refractivity contribution in [3.8, 4) is 0 Å². The molecule has 0 aliphatic carbocycles. The third-order valence-corrected chi connectivity index (χ3v) is 2.11. The molecule has 0 bridgehead atoms. The highest BCUT2D eigenvalue weighted by atomic mass is 15.1. The zero-order valence-electron chi connectivity index (χ0n) is 8.07. The molecule has 2 aromatic heterocycles. The molecule has 2 rings (SSSR count). The van der Waals surface area contributed by atoms with Gasteiger partial charge in [-0.05, 0) is 0 Å². The number of imidazole rings is 1. The van der Waals surface area contributed by atoms with Crippen LogP contribution in [0.15, 0.2) is 24.9 Å². The third-order valence-electron chi connectivity index (χ3n) is 2.11. The van der Waals surface area contributed by atoms with Crippen molar-refractivity contribution < 1.29 is 0 Å². The summed E-state index contributed by atoms with van der Waals surface area (Å²) in [6, 6.07) is 0. The molecule has 0 saturated carbocycles. The molecule has 0 fully saturated rings. The van der Waals surface area contributed by atoms with E-state index in [4.69, 9.17) is 0 Å². The van der Waals surface area contributed by atoms with Crippen molar-refractivity contribution in [3.05, 3.63) is 36.2 Å². The van der Waals surface area contributed by atoms with Gasteiger partial charge in [0.2, 0.25) is 0 Å². The Balaban J connectivity index is 1.81. The van der Waals surface area contributed by atoms with Gasteiger partial charge in [0, 0.05) is 38.1 Å². The Morgan fingerprint density at radius 1 is 1.43 bits per heavy atom. The van der Waals surface area contributed by atoms with Crippen molar-refractivity contribution in [2.75, 3.05) is 0 Å². The second-order valence-corrected chi connectivity index (χ2v) is 3.21. The van der Waals surface area contributed by atoms with Crippen molar-refractivity contribution >= 4 is 0 Å². The fourth-order valence-corrected chi connectivity index (χ4v) is 1.26. The van der Waals surface area contributed by atoms with Gasteiger partial charge in [-0.1, -0.05) is 0 Å². The first kappa shape index (κ1) is 8.96. The van der Waals surface area contributed by atoms with Gasteiger partial charge >= 0.3 is 0 Å². The summed E-state index contributed by atoms with van der Waals surface area (Å²) in [6.07, 6.45) is 7.36. The molecule has 0 aliphatic rings. The fourth-order valence-electron chi connectivity index (χ4n) is 1.26. The molecular weight excluding hydrogens is 178 g/mol. The molecule has 0 saturated heterocycles. The van der Waals surface area contributed by atoms with E-state index in [2.05, 4.69) is 20.5 Å². The van der Waals surface area contributed by atoms with Crippen molar-refractivity contribution in [1.29, 1.82) is 0 Å². The molecule has 0 spiro atoms. The molecule has 0 atom stereocenters. The van der Waals surface area contributed by atoms with E-state index in [1.807, 2.05) is 30.2 Å². The smallest absolute Gasteiger partial charge is 0.0945 e. The van der Waals surface area contributed by atoms with Crippen LogP contribution in [0.3, 0.4) is 0 Å². The molecule has 74 valence electrons. The van der Waals surface area contributed by atoms with E-state index in [-0.39, 0.29) is 0 Å². The molecule has 14 heavy (non-hydrogen) atoms. The van der Waals surface area contributed by atoms with E-state index < -0.39 is 0 Å². The number of aryl methyl sites for hydroxylation is 1. The Hall–Kier alpha value is -1.62. The van der Waals surface area contributed by atoms with Crippen LogP contribution in [0.4, 0.5) is 0 Å². The number of aromatic nitrogens is 4. The molecule has 0 amide bonds. The van der Waals surface area contributed by atoms with E-state index in [0.717, 1.165) is 18.7 Å². The second kappa shape index (κ2) is 4.06. The van der Waals surface area contributed by atoms with Crippen molar-refractivity contribution in [1.82, 2.24) is 25.1 Å². The van der Waals surface area contributed by atoms with Crippen molar-refractivity contribution in [3.63, 3.8) is 0 Å². The molecule has 0 unspecified atom stereocenters. The van der Waals surface area contributed by atoms with Crippen LogP contribution in [0.2, 0.25) is 0 Å². The molecule has 0 radical (unpaired) electrons. The number of H-pyrrole nitrogens is 1. The van der Waals surface area contributed by atoms with Gasteiger partial charge < -0.3 is 9.88 Å². The van der Waals surface area contributed by atoms with Crippen LogP contribution in [0.25, 0.3) is 0 Å². The minimum Gasteiger partial charge on any atom is -0.337 e. The standard InChI is InChI=1S/C9H13N5/c1-14-7-11-6-9(14)5-10-2-8-3-12-13-4-8/h3-4,6-7,10H,2,5H2,1H3,(H,12,13). The van der Waals surface area contributed by atoms with Crippen molar-refractivity contribution in [2.45, 2.75) is 13.1 Å². The first-order chi connectivity index (χ1) is 6.86. The van der Waals surface area contributed by atoms with E-state index in [9.17, 15) is 0 Å². The molecule has 2 heterocycles. The van der Waals surface area contributed by atoms with Gasteiger partial charge in [-0.2, -0.15) is 5.10 Å². The molecule has 0 aliphatic heterocycles. The van der Waals surface area contributed by atoms with Crippen LogP contribution in [-0.2, 0) is 20.1 Å². The van der Waals surface area contributed by atoms with E-state index in [0.29, 0.717) is 0 Å². The van der Waals surface area contributed by atoms with Crippen LogP contribution in [0.1, 0.15) is 11.3 Å². The topological polar surface area (TPSA) is 58.5 Å². The molecule has 2 N–H and O–H groups in total. The Morgan fingerprint density at radius 3 is 3.00 bits per heavy atom. The van der Waals surface area contributed by atoms with Crippen LogP contribution in [-0.4, -0.2) is 19.7 Å². The van der Waals surface area contributed by atoms with Crippen LogP contribution >= 0.6 is 0 Å². The lowest BCUT2D eigenvalue weighted by molar-refractivity contribution is 0.655. The summed E-state index contributed by atoms with van der Waals surface area (Å²) in [4.78, 5) is 4.04. The highest BCUT2D eigenvalue weighted by Crippen LogP contribution is 1.97. The maximum absolute atomic E-state index is 4.04. The minimum atomic E-state index is 0.821. The molecule has 2 aromatic rings. The summed E-state index contributed by atoms with van der Waals surface area (Å²) < 4.78 is 2.00. The van der Waals surface area contributed by atoms with E-state index >= 15 is 0 Å². The largest absolute Gasteiger partial charge is 0.337 e. The third kappa shape index (κ3) is 2.00. The number of nitrogens with one attached hydrogen (secondary N) is 2. The number of hydrogen-bond donors (Lipinski definition) is 2. The highest BCUT2D eigenvalue weighted by molar-refractivity contribution is 5.03. The lowest BCUT2D eigenvalue weighted by atomic mass is 10.3. The maximum Gasteiger partial charge on any atom is 0.0945 e. The zero-order chi connectivity index (χ0) is 9.80. The average Bonchev–Trinajstić information content (AvgIpc) is 2.78. The number of nitrogens with zero attached hydrogens (tertiary/aromatic N) is 3. The molecular formula is C9H13N5. The summed E-state index contributed by atoms with van der Waals surface area (Å²) >= 11 is 0. The number of aromatic amines is 1. The van der Waals surface area contributed by atoms with Gasteiger partial charge in [-0.3, -0.25) is 5.10 Å². The molecule has 5 heteroatoms. The average molecular weight is 191 g/mol. The lowest BCUT2D eigenvalue weighted by Gasteiger charge is -2.03. The van der Waals surface area contributed by atoms with Crippen LogP contribution in [0, 0.1) is 0 Å². The summed E-state index contributed by atoms with van der Waals surface area (Å²) in [5, 5.41) is 9.96. The zero-order valence-corrected chi connectivity index (χ0v) is 8.07. The highest BCUT2D eigenvalue weighted by Gasteiger charge is 1.97. The fraction of sp³-hybridized carbons (Fsp3) is 0.333. The molecule has 5 nitrogen and oxygen atoms in total. The number of rotatable bonds is 4. The maximum atomic E-state index is 4.04. The van der Waals surface area contributed by atoms with Crippen LogP contribution < -0.4 is 5.32 Å². The number of hydrogen-bond acceptors (Lipinski definition) is 3. The first-order valence-corrected chi connectivity index (χ1v) is 4.50. The van der Waals surface area contributed by atoms with Crippen LogP contribution in [0.5, 0.6) is 0 Å². The van der Waals surface area contributed by atoms with E-state index in [1.165, 1.54) is 5.69 Å².